The second-order valence-corrected chi connectivity index (χ2v) is 9.37. The molecule has 5 aromatic rings. The van der Waals surface area contributed by atoms with E-state index in [1.54, 1.807) is 37.1 Å². The lowest BCUT2D eigenvalue weighted by Gasteiger charge is -2.32. The Labute approximate surface area is 223 Å². The number of carbonyl (C=O) groups excluding carboxylic acids is 1. The van der Waals surface area contributed by atoms with Crippen LogP contribution in [-0.2, 0) is 0 Å². The number of aromatic nitrogens is 7. The molecule has 0 unspecified atom stereocenters. The van der Waals surface area contributed by atoms with Gasteiger partial charge in [0.05, 0.1) is 29.0 Å². The number of fused-ring (bicyclic) bond motifs is 2. The third-order valence-corrected chi connectivity index (χ3v) is 6.86. The Morgan fingerprint density at radius 2 is 1.87 bits per heavy atom. The number of piperazine rings is 1. The summed E-state index contributed by atoms with van der Waals surface area (Å²) in [5.74, 6) is 0.590. The molecule has 1 aliphatic heterocycles. The van der Waals surface area contributed by atoms with Crippen LogP contribution < -0.4 is 11.1 Å². The van der Waals surface area contributed by atoms with Crippen molar-refractivity contribution in [3.05, 3.63) is 67.5 Å². The third-order valence-electron chi connectivity index (χ3n) is 6.86. The van der Waals surface area contributed by atoms with E-state index in [0.717, 1.165) is 51.8 Å². The van der Waals surface area contributed by atoms with Gasteiger partial charge in [0.15, 0.2) is 11.5 Å². The molecule has 0 spiro atoms. The van der Waals surface area contributed by atoms with Crippen molar-refractivity contribution in [2.24, 2.45) is 5.73 Å². The molecule has 12 nitrogen and oxygen atoms in total. The fourth-order valence-electron chi connectivity index (χ4n) is 4.65. The Morgan fingerprint density at radius 1 is 1.08 bits per heavy atom. The number of hydrogen-bond acceptors (Lipinski definition) is 8. The lowest BCUT2D eigenvalue weighted by atomic mass is 10.1. The first-order chi connectivity index (χ1) is 19.0. The number of urea groups is 1. The predicted octanol–water partition coefficient (Wildman–Crippen LogP) is 3.22. The van der Waals surface area contributed by atoms with Gasteiger partial charge >= 0.3 is 6.03 Å². The molecule has 5 N–H and O–H groups in total. The van der Waals surface area contributed by atoms with E-state index in [9.17, 15) is 4.79 Å². The van der Waals surface area contributed by atoms with E-state index in [1.165, 1.54) is 6.20 Å². The fraction of sp³-hybridized carbons (Fsp3) is 0.185. The molecule has 1 aliphatic rings. The molecule has 39 heavy (non-hydrogen) atoms. The van der Waals surface area contributed by atoms with E-state index >= 15 is 0 Å². The molecule has 0 aromatic carbocycles. The van der Waals surface area contributed by atoms with E-state index in [0.29, 0.717) is 35.9 Å². The van der Waals surface area contributed by atoms with Gasteiger partial charge in [-0.25, -0.2) is 14.8 Å². The monoisotopic (exact) mass is 521 g/mol. The topological polar surface area (TPSA) is 158 Å². The molecule has 0 aliphatic carbocycles. The van der Waals surface area contributed by atoms with Crippen LogP contribution in [0.4, 0.5) is 10.5 Å². The normalized spacial score (nSPS) is 14.7. The number of aromatic amines is 2. The molecular formula is C27H27N11O. The van der Waals surface area contributed by atoms with Gasteiger partial charge in [-0.05, 0) is 19.2 Å². The molecule has 0 atom stereocenters. The van der Waals surface area contributed by atoms with E-state index < -0.39 is 0 Å². The first kappa shape index (κ1) is 24.2. The van der Waals surface area contributed by atoms with Crippen molar-refractivity contribution >= 4 is 39.4 Å². The number of nitrogens with zero attached hydrogens (tertiary/aromatic N) is 7. The minimum absolute atomic E-state index is 0.129. The zero-order chi connectivity index (χ0) is 26.9. The van der Waals surface area contributed by atoms with E-state index in [1.807, 2.05) is 17.0 Å². The number of anilines is 1. The standard InChI is InChI=1S/C27H27N11O/c1-3-16(10-28)21-14-30-15-22-23(21)34-26(33-22)24-20-9-18(12-31-25(20)36-35-24)17-8-19(13-29-11-17)32-27(39)38-6-4-37(2)5-7-38/h3,8-15H,1,4-7,28H2,2H3,(H,32,39)(H,33,34)(H,31,35,36)/b16-10+. The van der Waals surface area contributed by atoms with Crippen LogP contribution in [0.15, 0.2) is 62.0 Å². The van der Waals surface area contributed by atoms with Crippen molar-refractivity contribution in [2.45, 2.75) is 0 Å². The summed E-state index contributed by atoms with van der Waals surface area (Å²) in [6, 6.07) is 3.74. The average molecular weight is 522 g/mol. The maximum absolute atomic E-state index is 12.8. The van der Waals surface area contributed by atoms with Crippen molar-refractivity contribution < 1.29 is 4.79 Å². The van der Waals surface area contributed by atoms with Crippen LogP contribution in [0.1, 0.15) is 5.56 Å². The number of rotatable bonds is 5. The predicted molar refractivity (Wildman–Crippen MR) is 150 cm³/mol. The molecule has 6 rings (SSSR count). The van der Waals surface area contributed by atoms with Gasteiger partial charge in [0, 0.05) is 73.2 Å². The Kier molecular flexibility index (Phi) is 6.21. The van der Waals surface area contributed by atoms with Crippen LogP contribution in [0.5, 0.6) is 0 Å². The van der Waals surface area contributed by atoms with Crippen molar-refractivity contribution in [3.63, 3.8) is 0 Å². The molecule has 0 bridgehead atoms. The van der Waals surface area contributed by atoms with Crippen molar-refractivity contribution in [1.29, 1.82) is 0 Å². The van der Waals surface area contributed by atoms with Crippen molar-refractivity contribution in [3.8, 4) is 22.6 Å². The van der Waals surface area contributed by atoms with Crippen molar-refractivity contribution in [2.75, 3.05) is 38.5 Å². The number of nitrogens with one attached hydrogen (secondary N) is 3. The van der Waals surface area contributed by atoms with Gasteiger partial charge in [-0.15, -0.1) is 0 Å². The van der Waals surface area contributed by atoms with Gasteiger partial charge in [-0.1, -0.05) is 12.7 Å². The van der Waals surface area contributed by atoms with Gasteiger partial charge in [0.2, 0.25) is 0 Å². The maximum Gasteiger partial charge on any atom is 0.321 e. The highest BCUT2D eigenvalue weighted by molar-refractivity contribution is 5.96. The molecular weight excluding hydrogens is 494 g/mol. The first-order valence-electron chi connectivity index (χ1n) is 12.5. The summed E-state index contributed by atoms with van der Waals surface area (Å²) >= 11 is 0. The minimum Gasteiger partial charge on any atom is -0.404 e. The molecule has 0 radical (unpaired) electrons. The quantitative estimate of drug-likeness (QED) is 0.257. The maximum atomic E-state index is 12.8. The summed E-state index contributed by atoms with van der Waals surface area (Å²) in [7, 11) is 2.06. The molecule has 2 amide bonds. The molecule has 6 heterocycles. The number of nitrogens with two attached hydrogens (primary N) is 1. The Hall–Kier alpha value is -5.10. The van der Waals surface area contributed by atoms with Gasteiger partial charge < -0.3 is 25.8 Å². The van der Waals surface area contributed by atoms with E-state index in [-0.39, 0.29) is 6.03 Å². The van der Waals surface area contributed by atoms with Crippen LogP contribution in [-0.4, -0.2) is 84.2 Å². The number of hydrogen-bond donors (Lipinski definition) is 4. The summed E-state index contributed by atoms with van der Waals surface area (Å²) < 4.78 is 0. The second kappa shape index (κ2) is 9.99. The number of H-pyrrole nitrogens is 2. The van der Waals surface area contributed by atoms with Crippen LogP contribution in [0.3, 0.4) is 0 Å². The Morgan fingerprint density at radius 3 is 2.67 bits per heavy atom. The number of imidazole rings is 1. The molecule has 196 valence electrons. The fourth-order valence-corrected chi connectivity index (χ4v) is 4.65. The number of amides is 2. The molecule has 0 saturated carbocycles. The molecule has 12 heteroatoms. The minimum atomic E-state index is -0.129. The SMILES string of the molecule is C=C/C(=C\N)c1cncc2[nH]c(-c3[nH]nc4ncc(-c5cncc(NC(=O)N6CCN(C)CC6)c5)cc34)nc12. The summed E-state index contributed by atoms with van der Waals surface area (Å²) in [5, 5.41) is 11.2. The van der Waals surface area contributed by atoms with Crippen molar-refractivity contribution in [1.82, 2.24) is 44.9 Å². The zero-order valence-electron chi connectivity index (χ0n) is 21.3. The molecule has 1 fully saturated rings. The largest absolute Gasteiger partial charge is 0.404 e. The Bertz CT molecular complexity index is 1730. The second-order valence-electron chi connectivity index (χ2n) is 9.37. The zero-order valence-corrected chi connectivity index (χ0v) is 21.3. The molecule has 5 aromatic heterocycles. The van der Waals surface area contributed by atoms with Crippen LogP contribution in [0, 0.1) is 0 Å². The lowest BCUT2D eigenvalue weighted by Crippen LogP contribution is -2.48. The number of likely N-dealkylation sites (N-methyl/N-ethyl adjacent to an activating group) is 1. The highest BCUT2D eigenvalue weighted by Crippen LogP contribution is 2.31. The van der Waals surface area contributed by atoms with E-state index in [2.05, 4.69) is 54.0 Å². The lowest BCUT2D eigenvalue weighted by molar-refractivity contribution is 0.164. The summed E-state index contributed by atoms with van der Waals surface area (Å²) in [5.41, 5.74) is 12.3. The number of allylic oxidation sites excluding steroid dienone is 2. The number of carbonyl (C=O) groups is 1. The van der Waals surface area contributed by atoms with Crippen LogP contribution in [0.2, 0.25) is 0 Å². The summed E-state index contributed by atoms with van der Waals surface area (Å²) in [6.45, 7) is 6.92. The van der Waals surface area contributed by atoms with Crippen LogP contribution in [0.25, 0.3) is 50.3 Å². The molecule has 1 saturated heterocycles. The Balaban J connectivity index is 1.32. The van der Waals surface area contributed by atoms with Gasteiger partial charge in [0.25, 0.3) is 0 Å². The van der Waals surface area contributed by atoms with E-state index in [4.69, 9.17) is 10.7 Å². The highest BCUT2D eigenvalue weighted by atomic mass is 16.2. The summed E-state index contributed by atoms with van der Waals surface area (Å²) in [6.07, 6.45) is 11.7. The van der Waals surface area contributed by atoms with Gasteiger partial charge in [-0.2, -0.15) is 5.10 Å². The van der Waals surface area contributed by atoms with Gasteiger partial charge in [-0.3, -0.25) is 15.1 Å². The highest BCUT2D eigenvalue weighted by Gasteiger charge is 2.20. The smallest absolute Gasteiger partial charge is 0.321 e. The first-order valence-corrected chi connectivity index (χ1v) is 12.5. The third kappa shape index (κ3) is 4.57. The average Bonchev–Trinajstić information content (AvgIpc) is 3.58. The summed E-state index contributed by atoms with van der Waals surface area (Å²) in [4.78, 5) is 38.1. The number of pyridine rings is 3. The van der Waals surface area contributed by atoms with Gasteiger partial charge in [0.1, 0.15) is 11.2 Å². The van der Waals surface area contributed by atoms with Crippen LogP contribution >= 0.6 is 0 Å².